The number of carbonyl (C=O) groups excluding carboxylic acids is 2. The minimum atomic E-state index is -0.515. The summed E-state index contributed by atoms with van der Waals surface area (Å²) < 4.78 is 5.11. The Morgan fingerprint density at radius 2 is 1.88 bits per heavy atom. The van der Waals surface area contributed by atoms with Crippen LogP contribution < -0.4 is 15.4 Å². The molecule has 2 amide bonds. The van der Waals surface area contributed by atoms with Crippen LogP contribution in [0.3, 0.4) is 0 Å². The molecule has 1 aliphatic rings. The van der Waals surface area contributed by atoms with Crippen molar-refractivity contribution in [2.75, 3.05) is 38.2 Å². The van der Waals surface area contributed by atoms with Crippen molar-refractivity contribution in [3.63, 3.8) is 0 Å². The molecule has 0 spiro atoms. The number of nitrogens with zero attached hydrogens (tertiary/aromatic N) is 4. The van der Waals surface area contributed by atoms with Gasteiger partial charge in [-0.3, -0.25) is 9.59 Å². The lowest BCUT2D eigenvalue weighted by Crippen LogP contribution is -2.49. The second-order valence-electron chi connectivity index (χ2n) is 5.21. The van der Waals surface area contributed by atoms with Gasteiger partial charge < -0.3 is 20.3 Å². The van der Waals surface area contributed by atoms with Crippen molar-refractivity contribution in [2.24, 2.45) is 5.73 Å². The van der Waals surface area contributed by atoms with Gasteiger partial charge in [0.05, 0.1) is 16.9 Å². The number of hydrogen-bond donors (Lipinski definition) is 1. The van der Waals surface area contributed by atoms with E-state index < -0.39 is 5.91 Å². The molecule has 126 valence electrons. The Labute approximate surface area is 142 Å². The lowest BCUT2D eigenvalue weighted by atomic mass is 10.3. The number of thiophene rings is 1. The fourth-order valence-electron chi connectivity index (χ4n) is 2.45. The van der Waals surface area contributed by atoms with Crippen molar-refractivity contribution in [3.8, 4) is 5.88 Å². The van der Waals surface area contributed by atoms with Crippen molar-refractivity contribution >= 4 is 29.1 Å². The average Bonchev–Trinajstić information content (AvgIpc) is 3.12. The Balaban J connectivity index is 1.63. The number of carbonyl (C=O) groups is 2. The fourth-order valence-corrected chi connectivity index (χ4v) is 3.28. The van der Waals surface area contributed by atoms with E-state index in [1.54, 1.807) is 36.4 Å². The van der Waals surface area contributed by atoms with E-state index in [0.717, 1.165) is 11.3 Å². The molecule has 2 aromatic heterocycles. The van der Waals surface area contributed by atoms with Crippen LogP contribution in [0.15, 0.2) is 24.4 Å². The van der Waals surface area contributed by atoms with Gasteiger partial charge in [-0.25, -0.2) is 4.98 Å². The minimum Gasteiger partial charge on any atom is -0.481 e. The van der Waals surface area contributed by atoms with E-state index >= 15 is 0 Å². The van der Waals surface area contributed by atoms with Crippen LogP contribution in [-0.2, 0) is 0 Å². The Morgan fingerprint density at radius 3 is 2.50 bits per heavy atom. The fraction of sp³-hybridized carbons (Fsp3) is 0.333. The molecule has 3 rings (SSSR count). The topological polar surface area (TPSA) is 102 Å². The summed E-state index contributed by atoms with van der Waals surface area (Å²) in [5.41, 5.74) is 5.23. The number of rotatable bonds is 4. The van der Waals surface area contributed by atoms with Crippen molar-refractivity contribution < 1.29 is 14.3 Å². The van der Waals surface area contributed by atoms with Gasteiger partial charge in [-0.1, -0.05) is 0 Å². The third-order valence-corrected chi connectivity index (χ3v) is 4.82. The van der Waals surface area contributed by atoms with Gasteiger partial charge in [0.25, 0.3) is 11.8 Å². The normalized spacial score (nSPS) is 14.5. The Hall–Kier alpha value is -2.68. The monoisotopic (exact) mass is 347 g/mol. The van der Waals surface area contributed by atoms with E-state index in [0.29, 0.717) is 47.8 Å². The van der Waals surface area contributed by atoms with Gasteiger partial charge in [-0.15, -0.1) is 11.3 Å². The smallest absolute Gasteiger partial charge is 0.264 e. The molecule has 9 heteroatoms. The molecule has 8 nitrogen and oxygen atoms in total. The first-order valence-electron chi connectivity index (χ1n) is 7.39. The van der Waals surface area contributed by atoms with Crippen LogP contribution in [0.4, 0.5) is 5.95 Å². The van der Waals surface area contributed by atoms with Crippen LogP contribution in [-0.4, -0.2) is 60.0 Å². The first kappa shape index (κ1) is 16.2. The maximum absolute atomic E-state index is 12.5. The van der Waals surface area contributed by atoms with E-state index in [-0.39, 0.29) is 5.91 Å². The van der Waals surface area contributed by atoms with Crippen LogP contribution in [0.25, 0.3) is 0 Å². The summed E-state index contributed by atoms with van der Waals surface area (Å²) in [6.45, 7) is 2.38. The lowest BCUT2D eigenvalue weighted by Gasteiger charge is -2.34. The summed E-state index contributed by atoms with van der Waals surface area (Å²) in [7, 11) is 1.56. The zero-order valence-corrected chi connectivity index (χ0v) is 14.0. The molecular formula is C15H17N5O3S. The van der Waals surface area contributed by atoms with Crippen molar-refractivity contribution in [2.45, 2.75) is 0 Å². The van der Waals surface area contributed by atoms with Crippen LogP contribution in [0, 0.1) is 0 Å². The predicted octanol–water partition coefficient (Wildman–Crippen LogP) is 0.608. The summed E-state index contributed by atoms with van der Waals surface area (Å²) >= 11 is 1.12. The van der Waals surface area contributed by atoms with E-state index in [2.05, 4.69) is 9.97 Å². The van der Waals surface area contributed by atoms with E-state index in [4.69, 9.17) is 10.5 Å². The number of nitrogens with two attached hydrogens (primary N) is 1. The summed E-state index contributed by atoms with van der Waals surface area (Å²) in [5, 5.41) is 0. The van der Waals surface area contributed by atoms with Gasteiger partial charge in [-0.05, 0) is 12.1 Å². The van der Waals surface area contributed by atoms with E-state index in [1.807, 2.05) is 4.90 Å². The molecule has 0 aliphatic carbocycles. The number of methoxy groups -OCH3 is 1. The zero-order valence-electron chi connectivity index (χ0n) is 13.1. The van der Waals surface area contributed by atoms with Gasteiger partial charge >= 0.3 is 0 Å². The highest BCUT2D eigenvalue weighted by molar-refractivity contribution is 7.15. The summed E-state index contributed by atoms with van der Waals surface area (Å²) in [6, 6.07) is 4.92. The maximum Gasteiger partial charge on any atom is 0.264 e. The Morgan fingerprint density at radius 1 is 1.17 bits per heavy atom. The van der Waals surface area contributed by atoms with Crippen LogP contribution in [0.5, 0.6) is 5.88 Å². The molecule has 1 fully saturated rings. The minimum absolute atomic E-state index is 0.0845. The third kappa shape index (κ3) is 3.30. The van der Waals surface area contributed by atoms with Gasteiger partial charge in [0.1, 0.15) is 0 Å². The van der Waals surface area contributed by atoms with Crippen LogP contribution in [0.2, 0.25) is 0 Å². The molecule has 0 radical (unpaired) electrons. The number of ether oxygens (including phenoxy) is 1. The SMILES string of the molecule is COc1ccnc(N2CCN(C(=O)c3ccc(C(N)=O)s3)CC2)n1. The standard InChI is InChI=1S/C15H17N5O3S/c1-23-12-4-5-17-15(18-12)20-8-6-19(7-9-20)14(22)11-3-2-10(24-11)13(16)21/h2-5H,6-9H2,1H3,(H2,16,21). The second kappa shape index (κ2) is 6.83. The quantitative estimate of drug-likeness (QED) is 0.869. The molecule has 0 aromatic carbocycles. The van der Waals surface area contributed by atoms with Crippen molar-refractivity contribution in [1.82, 2.24) is 14.9 Å². The zero-order chi connectivity index (χ0) is 17.1. The van der Waals surface area contributed by atoms with Gasteiger partial charge in [0.15, 0.2) is 0 Å². The molecule has 3 heterocycles. The highest BCUT2D eigenvalue weighted by atomic mass is 32.1. The Kier molecular flexibility index (Phi) is 4.61. The number of piperazine rings is 1. The predicted molar refractivity (Wildman–Crippen MR) is 89.5 cm³/mol. The highest BCUT2D eigenvalue weighted by Crippen LogP contribution is 2.20. The van der Waals surface area contributed by atoms with E-state index in [1.165, 1.54) is 0 Å². The summed E-state index contributed by atoms with van der Waals surface area (Å²) in [5.74, 6) is 0.502. The van der Waals surface area contributed by atoms with Gasteiger partial charge in [-0.2, -0.15) is 4.98 Å². The Bertz CT molecular complexity index is 755. The number of anilines is 1. The molecule has 0 saturated carbocycles. The van der Waals surface area contributed by atoms with Gasteiger partial charge in [0.2, 0.25) is 11.8 Å². The largest absolute Gasteiger partial charge is 0.481 e. The van der Waals surface area contributed by atoms with Crippen molar-refractivity contribution in [3.05, 3.63) is 34.2 Å². The molecule has 1 aliphatic heterocycles. The summed E-state index contributed by atoms with van der Waals surface area (Å²) in [6.07, 6.45) is 1.65. The number of primary amides is 1. The molecule has 2 N–H and O–H groups in total. The van der Waals surface area contributed by atoms with Gasteiger partial charge in [0, 0.05) is 38.4 Å². The first-order valence-corrected chi connectivity index (χ1v) is 8.21. The third-order valence-electron chi connectivity index (χ3n) is 3.74. The van der Waals surface area contributed by atoms with Crippen LogP contribution in [0.1, 0.15) is 19.3 Å². The second-order valence-corrected chi connectivity index (χ2v) is 6.29. The lowest BCUT2D eigenvalue weighted by molar-refractivity contribution is 0.0751. The molecular weight excluding hydrogens is 330 g/mol. The molecule has 24 heavy (non-hydrogen) atoms. The van der Waals surface area contributed by atoms with E-state index in [9.17, 15) is 9.59 Å². The molecule has 0 bridgehead atoms. The molecule has 1 saturated heterocycles. The highest BCUT2D eigenvalue weighted by Gasteiger charge is 2.25. The number of amides is 2. The molecule has 2 aromatic rings. The average molecular weight is 347 g/mol. The molecule has 0 atom stereocenters. The number of hydrogen-bond acceptors (Lipinski definition) is 7. The molecule has 0 unspecified atom stereocenters. The summed E-state index contributed by atoms with van der Waals surface area (Å²) in [4.78, 5) is 36.9. The van der Waals surface area contributed by atoms with Crippen molar-refractivity contribution in [1.29, 1.82) is 0 Å². The number of aromatic nitrogens is 2. The first-order chi connectivity index (χ1) is 11.6. The van der Waals surface area contributed by atoms with Crippen LogP contribution >= 0.6 is 11.3 Å². The maximum atomic E-state index is 12.5.